The largest absolute Gasteiger partial charge is 0.491 e. The molecule has 4 aliphatic heterocycles. The third-order valence-electron chi connectivity index (χ3n) is 13.5. The van der Waals surface area contributed by atoms with Crippen molar-refractivity contribution < 1.29 is 33.7 Å². The van der Waals surface area contributed by atoms with E-state index in [9.17, 15) is 5.11 Å². The van der Waals surface area contributed by atoms with Crippen LogP contribution < -0.4 is 20.3 Å². The van der Waals surface area contributed by atoms with E-state index in [2.05, 4.69) is 42.6 Å². The molecule has 3 saturated heterocycles. The van der Waals surface area contributed by atoms with Crippen molar-refractivity contribution in [1.29, 1.82) is 0 Å². The van der Waals surface area contributed by atoms with Gasteiger partial charge in [-0.15, -0.1) is 5.10 Å². The molecular formula is C54H47N7O7. The average Bonchev–Trinajstić information content (AvgIpc) is 4.04. The Balaban J connectivity index is 1.10. The van der Waals surface area contributed by atoms with E-state index in [1.165, 1.54) is 0 Å². The summed E-state index contributed by atoms with van der Waals surface area (Å²) >= 11 is 0. The molecule has 7 aromatic rings. The third kappa shape index (κ3) is 7.50. The molecule has 4 aliphatic rings. The number of aliphatic hydroxyl groups is 1. The first-order valence-corrected chi connectivity index (χ1v) is 22.8. The minimum Gasteiger partial charge on any atom is -0.491 e. The number of para-hydroxylation sites is 1. The number of hydrogen-bond acceptors (Lipinski definition) is 11. The van der Waals surface area contributed by atoms with E-state index >= 15 is 14.4 Å². The Morgan fingerprint density at radius 1 is 0.824 bits per heavy atom. The van der Waals surface area contributed by atoms with Gasteiger partial charge in [-0.25, -0.2) is 4.68 Å². The van der Waals surface area contributed by atoms with Crippen molar-refractivity contribution in [3.05, 3.63) is 179 Å². The lowest BCUT2D eigenvalue weighted by atomic mass is 9.65. The van der Waals surface area contributed by atoms with Crippen LogP contribution in [0.5, 0.6) is 5.75 Å². The summed E-state index contributed by atoms with van der Waals surface area (Å²) < 4.78 is 19.7. The van der Waals surface area contributed by atoms with Gasteiger partial charge in [0.25, 0.3) is 0 Å². The van der Waals surface area contributed by atoms with E-state index in [0.29, 0.717) is 47.0 Å². The molecule has 3 fully saturated rings. The van der Waals surface area contributed by atoms with E-state index in [1.807, 2.05) is 140 Å². The maximum absolute atomic E-state index is 15.7. The van der Waals surface area contributed by atoms with E-state index in [1.54, 1.807) is 16.8 Å². The maximum atomic E-state index is 15.7. The van der Waals surface area contributed by atoms with E-state index in [0.717, 1.165) is 40.9 Å². The molecule has 1 aromatic heterocycles. The molecule has 5 heterocycles. The number of cyclic esters (lactones) is 1. The quantitative estimate of drug-likeness (QED) is 0.100. The van der Waals surface area contributed by atoms with Crippen LogP contribution >= 0.6 is 0 Å². The Bertz CT molecular complexity index is 3060. The second-order valence-corrected chi connectivity index (χ2v) is 17.3. The number of carbonyl (C=O) groups excluding carboxylic acids is 3. The molecule has 14 nitrogen and oxygen atoms in total. The van der Waals surface area contributed by atoms with Crippen molar-refractivity contribution in [3.63, 3.8) is 0 Å². The number of rotatable bonds is 10. The first kappa shape index (κ1) is 42.8. The summed E-state index contributed by atoms with van der Waals surface area (Å²) in [5.41, 5.74) is 5.26. The molecule has 1 spiro atoms. The zero-order valence-electron chi connectivity index (χ0n) is 36.9. The summed E-state index contributed by atoms with van der Waals surface area (Å²) in [6.45, 7) is 2.91. The highest BCUT2D eigenvalue weighted by Crippen LogP contribution is 2.65. The van der Waals surface area contributed by atoms with Crippen molar-refractivity contribution in [3.8, 4) is 17.6 Å². The Labute approximate surface area is 392 Å². The highest BCUT2D eigenvalue weighted by Gasteiger charge is 2.74. The predicted molar refractivity (Wildman–Crippen MR) is 255 cm³/mol. The first-order chi connectivity index (χ1) is 33.4. The summed E-state index contributed by atoms with van der Waals surface area (Å²) in [5.74, 6) is 4.13. The molecule has 3 N–H and O–H groups in total. The second kappa shape index (κ2) is 18.1. The molecule has 0 radical (unpaired) electrons. The normalized spacial score (nSPS) is 23.0. The van der Waals surface area contributed by atoms with Crippen molar-refractivity contribution >= 4 is 45.9 Å². The van der Waals surface area contributed by atoms with Gasteiger partial charge in [-0.3, -0.25) is 19.3 Å². The van der Waals surface area contributed by atoms with Gasteiger partial charge in [-0.2, -0.15) is 0 Å². The van der Waals surface area contributed by atoms with Gasteiger partial charge in [-0.05, 0) is 89.0 Å². The fraction of sp³-hybridized carbons (Fsp3) is 0.241. The standard InChI is InChI=1S/C54H47N7O7/c62-30-33-67-41-24-18-38(19-25-41)50-54(42-34-35(17-26-43(42)56-53(54)65)10-9-27-60-45-16-8-7-15-44(45)57-58-60)46(51(63)55-39-20-22-40(23-21-39)59-28-31-66-32-29-59)48-52(64)68-49(37-13-5-2-6-14-37)47(61(48)50)36-11-3-1-4-12-36/h1-8,11-26,34,46-50,62H,27-33H2,(H,55,63)(H,56,65). The topological polar surface area (TPSA) is 160 Å². The summed E-state index contributed by atoms with van der Waals surface area (Å²) in [6.07, 6.45) is -0.822. The number of anilines is 3. The molecule has 11 rings (SSSR count). The summed E-state index contributed by atoms with van der Waals surface area (Å²) in [4.78, 5) is 51.0. The van der Waals surface area contributed by atoms with Crippen molar-refractivity contribution in [2.24, 2.45) is 5.92 Å². The van der Waals surface area contributed by atoms with E-state index < -0.39 is 53.3 Å². The number of carbonyl (C=O) groups is 3. The second-order valence-electron chi connectivity index (χ2n) is 17.3. The van der Waals surface area contributed by atoms with Gasteiger partial charge in [0.05, 0.1) is 43.3 Å². The molecule has 0 saturated carbocycles. The van der Waals surface area contributed by atoms with Crippen LogP contribution in [0.15, 0.2) is 152 Å². The van der Waals surface area contributed by atoms with Gasteiger partial charge >= 0.3 is 5.97 Å². The number of hydrogen-bond donors (Lipinski definition) is 3. The van der Waals surface area contributed by atoms with Crippen LogP contribution in [0.25, 0.3) is 11.0 Å². The van der Waals surface area contributed by atoms with Crippen LogP contribution in [0.1, 0.15) is 46.0 Å². The Hall–Kier alpha value is -7.83. The van der Waals surface area contributed by atoms with Gasteiger partial charge in [0.2, 0.25) is 11.8 Å². The number of nitrogens with zero attached hydrogens (tertiary/aromatic N) is 5. The third-order valence-corrected chi connectivity index (χ3v) is 13.5. The number of amides is 2. The Morgan fingerprint density at radius 2 is 1.54 bits per heavy atom. The number of benzene rings is 6. The lowest BCUT2D eigenvalue weighted by molar-refractivity contribution is -0.177. The smallest absolute Gasteiger partial charge is 0.324 e. The van der Waals surface area contributed by atoms with Gasteiger partial charge in [0.15, 0.2) is 0 Å². The summed E-state index contributed by atoms with van der Waals surface area (Å²) in [6, 6.07) is 44.6. The monoisotopic (exact) mass is 905 g/mol. The molecule has 0 aliphatic carbocycles. The van der Waals surface area contributed by atoms with Crippen LogP contribution in [0, 0.1) is 17.8 Å². The minimum absolute atomic E-state index is 0.0873. The van der Waals surface area contributed by atoms with Gasteiger partial charge < -0.3 is 34.9 Å². The number of aliphatic hydroxyl groups excluding tert-OH is 1. The zero-order valence-corrected chi connectivity index (χ0v) is 36.9. The molecule has 68 heavy (non-hydrogen) atoms. The number of aromatic nitrogens is 3. The van der Waals surface area contributed by atoms with Gasteiger partial charge in [0, 0.05) is 35.7 Å². The van der Waals surface area contributed by atoms with Crippen molar-refractivity contribution in [2.45, 2.75) is 36.2 Å². The van der Waals surface area contributed by atoms with E-state index in [-0.39, 0.29) is 19.8 Å². The number of nitrogens with one attached hydrogen (secondary N) is 2. The van der Waals surface area contributed by atoms with Crippen LogP contribution in [-0.2, 0) is 35.8 Å². The lowest BCUT2D eigenvalue weighted by Crippen LogP contribution is -2.53. The molecule has 2 amide bonds. The van der Waals surface area contributed by atoms with Crippen molar-refractivity contribution in [1.82, 2.24) is 19.9 Å². The molecule has 0 bridgehead atoms. The van der Waals surface area contributed by atoms with Crippen LogP contribution in [-0.4, -0.2) is 88.3 Å². The number of esters is 1. The van der Waals surface area contributed by atoms with Crippen LogP contribution in [0.3, 0.4) is 0 Å². The molecule has 6 aromatic carbocycles. The first-order valence-electron chi connectivity index (χ1n) is 22.8. The molecule has 6 unspecified atom stereocenters. The molecule has 340 valence electrons. The predicted octanol–water partition coefficient (Wildman–Crippen LogP) is 6.60. The van der Waals surface area contributed by atoms with Gasteiger partial charge in [-0.1, -0.05) is 102 Å². The zero-order chi connectivity index (χ0) is 46.2. The Morgan fingerprint density at radius 3 is 2.29 bits per heavy atom. The fourth-order valence-electron chi connectivity index (χ4n) is 10.6. The number of ether oxygens (including phenoxy) is 3. The molecular weight excluding hydrogens is 859 g/mol. The number of morpholine rings is 2. The minimum atomic E-state index is -1.73. The highest BCUT2D eigenvalue weighted by molar-refractivity contribution is 6.13. The average molecular weight is 906 g/mol. The lowest BCUT2D eigenvalue weighted by Gasteiger charge is -2.46. The SMILES string of the molecule is O=C1OC(c2ccccc2)C(c2ccccc2)N2C1C(C(=O)Nc1ccc(N3CCOCC3)cc1)C1(C(=O)Nc3ccc(C#CCn4nnc5ccccc54)cc31)C2c1ccc(OCCO)cc1. The highest BCUT2D eigenvalue weighted by atomic mass is 16.6. The summed E-state index contributed by atoms with van der Waals surface area (Å²) in [5, 5.41) is 24.5. The Kier molecular flexibility index (Phi) is 11.4. The molecule has 6 atom stereocenters. The van der Waals surface area contributed by atoms with Crippen LogP contribution in [0.2, 0.25) is 0 Å². The maximum Gasteiger partial charge on any atom is 0.324 e. The summed E-state index contributed by atoms with van der Waals surface area (Å²) in [7, 11) is 0. The van der Waals surface area contributed by atoms with Crippen LogP contribution in [0.4, 0.5) is 17.1 Å². The molecule has 14 heteroatoms. The van der Waals surface area contributed by atoms with Crippen molar-refractivity contribution in [2.75, 3.05) is 55.1 Å². The van der Waals surface area contributed by atoms with Gasteiger partial charge in [0.1, 0.15) is 42.0 Å². The van der Waals surface area contributed by atoms with E-state index in [4.69, 9.17) is 14.2 Å². The number of fused-ring (bicyclic) bond motifs is 4. The fourth-order valence-corrected chi connectivity index (χ4v) is 10.6.